The SMILES string of the molecule is CC1CN(C(=O)Cc2cn(C)c3ccccc23)CCN1c1ccc(F)cn1. The molecule has 3 heterocycles. The fourth-order valence-electron chi connectivity index (χ4n) is 3.90. The summed E-state index contributed by atoms with van der Waals surface area (Å²) in [5, 5.41) is 1.13. The van der Waals surface area contributed by atoms with Crippen LogP contribution in [0.5, 0.6) is 0 Å². The number of rotatable bonds is 3. The molecule has 1 saturated heterocycles. The molecule has 27 heavy (non-hydrogen) atoms. The van der Waals surface area contributed by atoms with Crippen molar-refractivity contribution in [1.82, 2.24) is 14.5 Å². The fourth-order valence-corrected chi connectivity index (χ4v) is 3.90. The van der Waals surface area contributed by atoms with Crippen molar-refractivity contribution in [3.05, 3.63) is 60.2 Å². The van der Waals surface area contributed by atoms with Gasteiger partial charge in [0.15, 0.2) is 0 Å². The van der Waals surface area contributed by atoms with E-state index < -0.39 is 0 Å². The summed E-state index contributed by atoms with van der Waals surface area (Å²) in [5.41, 5.74) is 2.20. The molecule has 6 heteroatoms. The van der Waals surface area contributed by atoms with E-state index in [9.17, 15) is 9.18 Å². The van der Waals surface area contributed by atoms with Crippen molar-refractivity contribution in [2.45, 2.75) is 19.4 Å². The van der Waals surface area contributed by atoms with Crippen molar-refractivity contribution >= 4 is 22.6 Å². The van der Waals surface area contributed by atoms with Gasteiger partial charge in [0.25, 0.3) is 0 Å². The average molecular weight is 366 g/mol. The van der Waals surface area contributed by atoms with Crippen LogP contribution in [0, 0.1) is 5.82 Å². The van der Waals surface area contributed by atoms with Gasteiger partial charge in [0, 0.05) is 49.8 Å². The highest BCUT2D eigenvalue weighted by molar-refractivity contribution is 5.89. The predicted octanol–water partition coefficient (Wildman–Crippen LogP) is 2.99. The Kier molecular flexibility index (Phi) is 4.56. The molecule has 1 aromatic carbocycles. The average Bonchev–Trinajstić information content (AvgIpc) is 2.98. The van der Waals surface area contributed by atoms with E-state index >= 15 is 0 Å². The molecule has 2 aromatic heterocycles. The van der Waals surface area contributed by atoms with E-state index in [-0.39, 0.29) is 17.8 Å². The van der Waals surface area contributed by atoms with Crippen molar-refractivity contribution in [1.29, 1.82) is 0 Å². The van der Waals surface area contributed by atoms with Crippen LogP contribution in [0.15, 0.2) is 48.8 Å². The van der Waals surface area contributed by atoms with Gasteiger partial charge < -0.3 is 14.4 Å². The summed E-state index contributed by atoms with van der Waals surface area (Å²) >= 11 is 0. The Balaban J connectivity index is 1.45. The smallest absolute Gasteiger partial charge is 0.227 e. The number of anilines is 1. The fraction of sp³-hybridized carbons (Fsp3) is 0.333. The van der Waals surface area contributed by atoms with Crippen LogP contribution in [-0.4, -0.2) is 46.0 Å². The third-order valence-corrected chi connectivity index (χ3v) is 5.31. The highest BCUT2D eigenvalue weighted by atomic mass is 19.1. The molecule has 1 aliphatic rings. The lowest BCUT2D eigenvalue weighted by Crippen LogP contribution is -2.54. The molecule has 0 radical (unpaired) electrons. The van der Waals surface area contributed by atoms with Crippen molar-refractivity contribution in [2.75, 3.05) is 24.5 Å². The quantitative estimate of drug-likeness (QED) is 0.716. The Labute approximate surface area is 158 Å². The Morgan fingerprint density at radius 3 is 2.78 bits per heavy atom. The summed E-state index contributed by atoms with van der Waals surface area (Å²) in [5.74, 6) is 0.560. The Morgan fingerprint density at radius 1 is 1.22 bits per heavy atom. The summed E-state index contributed by atoms with van der Waals surface area (Å²) in [6.07, 6.45) is 3.69. The highest BCUT2D eigenvalue weighted by Gasteiger charge is 2.28. The summed E-state index contributed by atoms with van der Waals surface area (Å²) in [7, 11) is 2.01. The molecule has 140 valence electrons. The minimum absolute atomic E-state index is 0.133. The first-order chi connectivity index (χ1) is 13.0. The summed E-state index contributed by atoms with van der Waals surface area (Å²) in [6, 6.07) is 11.4. The summed E-state index contributed by atoms with van der Waals surface area (Å²) in [4.78, 5) is 21.1. The van der Waals surface area contributed by atoms with Gasteiger partial charge in [0.2, 0.25) is 5.91 Å². The van der Waals surface area contributed by atoms with Crippen molar-refractivity contribution in [3.8, 4) is 0 Å². The zero-order chi connectivity index (χ0) is 19.0. The molecule has 5 nitrogen and oxygen atoms in total. The van der Waals surface area contributed by atoms with Crippen LogP contribution in [0.3, 0.4) is 0 Å². The van der Waals surface area contributed by atoms with Crippen molar-refractivity contribution in [3.63, 3.8) is 0 Å². The minimum atomic E-state index is -0.338. The number of carbonyl (C=O) groups is 1. The summed E-state index contributed by atoms with van der Waals surface area (Å²) in [6.45, 7) is 4.05. The first-order valence-electron chi connectivity index (χ1n) is 9.22. The lowest BCUT2D eigenvalue weighted by Gasteiger charge is -2.40. The molecule has 1 atom stereocenters. The minimum Gasteiger partial charge on any atom is -0.350 e. The van der Waals surface area contributed by atoms with E-state index in [0.29, 0.717) is 26.1 Å². The number of aromatic nitrogens is 2. The lowest BCUT2D eigenvalue weighted by atomic mass is 10.1. The van der Waals surface area contributed by atoms with Gasteiger partial charge in [-0.3, -0.25) is 4.79 Å². The molecule has 0 aliphatic carbocycles. The molecule has 4 rings (SSSR count). The normalized spacial score (nSPS) is 17.5. The van der Waals surface area contributed by atoms with Crippen molar-refractivity contribution < 1.29 is 9.18 Å². The van der Waals surface area contributed by atoms with E-state index in [2.05, 4.69) is 33.5 Å². The molecule has 0 saturated carbocycles. The van der Waals surface area contributed by atoms with E-state index in [1.54, 1.807) is 6.07 Å². The maximum Gasteiger partial charge on any atom is 0.227 e. The molecule has 1 aliphatic heterocycles. The third kappa shape index (κ3) is 3.39. The second-order valence-corrected chi connectivity index (χ2v) is 7.18. The second kappa shape index (κ2) is 7.02. The van der Waals surface area contributed by atoms with Gasteiger partial charge in [0.05, 0.1) is 12.6 Å². The number of aryl methyl sites for hydroxylation is 1. The van der Waals surface area contributed by atoms with E-state index in [1.165, 1.54) is 12.3 Å². The standard InChI is InChI=1S/C21H23FN4O/c1-15-13-25(9-10-26(15)20-8-7-17(22)12-23-20)21(27)11-16-14-24(2)19-6-4-3-5-18(16)19/h3-8,12,14-15H,9-11,13H2,1-2H3. The summed E-state index contributed by atoms with van der Waals surface area (Å²) < 4.78 is 15.2. The van der Waals surface area contributed by atoms with Crippen LogP contribution in [0.1, 0.15) is 12.5 Å². The van der Waals surface area contributed by atoms with Crippen LogP contribution in [-0.2, 0) is 18.3 Å². The number of hydrogen-bond acceptors (Lipinski definition) is 3. The van der Waals surface area contributed by atoms with Gasteiger partial charge in [0.1, 0.15) is 11.6 Å². The number of piperazine rings is 1. The number of para-hydroxylation sites is 1. The van der Waals surface area contributed by atoms with Crippen LogP contribution in [0.4, 0.5) is 10.2 Å². The maximum atomic E-state index is 13.1. The van der Waals surface area contributed by atoms with Gasteiger partial charge in [-0.1, -0.05) is 18.2 Å². The zero-order valence-corrected chi connectivity index (χ0v) is 15.6. The van der Waals surface area contributed by atoms with Crippen LogP contribution in [0.25, 0.3) is 10.9 Å². The number of carbonyl (C=O) groups excluding carboxylic acids is 1. The molecular formula is C21H23FN4O. The molecule has 1 unspecified atom stereocenters. The molecule has 0 N–H and O–H groups in total. The highest BCUT2D eigenvalue weighted by Crippen LogP contribution is 2.23. The number of halogens is 1. The molecule has 1 fully saturated rings. The first kappa shape index (κ1) is 17.5. The van der Waals surface area contributed by atoms with Gasteiger partial charge >= 0.3 is 0 Å². The number of fused-ring (bicyclic) bond motifs is 1. The lowest BCUT2D eigenvalue weighted by molar-refractivity contribution is -0.131. The van der Waals surface area contributed by atoms with E-state index in [0.717, 1.165) is 22.3 Å². The van der Waals surface area contributed by atoms with Gasteiger partial charge in [-0.15, -0.1) is 0 Å². The zero-order valence-electron chi connectivity index (χ0n) is 15.6. The number of pyridine rings is 1. The van der Waals surface area contributed by atoms with Crippen molar-refractivity contribution in [2.24, 2.45) is 7.05 Å². The van der Waals surface area contributed by atoms with Crippen LogP contribution in [0.2, 0.25) is 0 Å². The number of amides is 1. The van der Waals surface area contributed by atoms with Gasteiger partial charge in [-0.25, -0.2) is 9.37 Å². The third-order valence-electron chi connectivity index (χ3n) is 5.31. The Bertz CT molecular complexity index is 966. The largest absolute Gasteiger partial charge is 0.350 e. The monoisotopic (exact) mass is 366 g/mol. The molecule has 3 aromatic rings. The molecule has 0 bridgehead atoms. The molecule has 0 spiro atoms. The van der Waals surface area contributed by atoms with Gasteiger partial charge in [-0.2, -0.15) is 0 Å². The predicted molar refractivity (Wildman–Crippen MR) is 104 cm³/mol. The number of nitrogens with zero attached hydrogens (tertiary/aromatic N) is 4. The Hall–Kier alpha value is -2.89. The number of hydrogen-bond donors (Lipinski definition) is 0. The topological polar surface area (TPSA) is 41.4 Å². The number of benzene rings is 1. The molecular weight excluding hydrogens is 343 g/mol. The Morgan fingerprint density at radius 2 is 2.04 bits per heavy atom. The first-order valence-corrected chi connectivity index (χ1v) is 9.22. The maximum absolute atomic E-state index is 13.1. The molecule has 1 amide bonds. The second-order valence-electron chi connectivity index (χ2n) is 7.18. The van der Waals surface area contributed by atoms with Crippen LogP contribution < -0.4 is 4.90 Å². The van der Waals surface area contributed by atoms with Crippen LogP contribution >= 0.6 is 0 Å². The van der Waals surface area contributed by atoms with E-state index in [4.69, 9.17) is 0 Å². The van der Waals surface area contributed by atoms with Gasteiger partial charge in [-0.05, 0) is 30.7 Å². The van der Waals surface area contributed by atoms with E-state index in [1.807, 2.05) is 30.3 Å².